The third-order valence-corrected chi connectivity index (χ3v) is 8.04. The number of halogens is 2. The Morgan fingerprint density at radius 1 is 1.26 bits per heavy atom. The number of carbonyl (C=O) groups is 1. The van der Waals surface area contributed by atoms with Gasteiger partial charge in [-0.2, -0.15) is 5.09 Å². The van der Waals surface area contributed by atoms with Crippen LogP contribution >= 0.6 is 23.7 Å². The fraction of sp³-hybridized carbons (Fsp3) is 0.296. The summed E-state index contributed by atoms with van der Waals surface area (Å²) in [4.78, 5) is 40.7. The van der Waals surface area contributed by atoms with Gasteiger partial charge in [0, 0.05) is 12.6 Å². The van der Waals surface area contributed by atoms with Crippen LogP contribution in [0.3, 0.4) is 0 Å². The monoisotopic (exact) mass is 667 g/mol. The van der Waals surface area contributed by atoms with Crippen LogP contribution in [0.5, 0.6) is 5.75 Å². The second kappa shape index (κ2) is 14.2. The number of aliphatic hydroxyl groups excluding tert-OH is 1. The van der Waals surface area contributed by atoms with E-state index in [4.69, 9.17) is 18.5 Å². The number of aliphatic hydroxyl groups is 1. The van der Waals surface area contributed by atoms with Crippen molar-refractivity contribution in [1.82, 2.24) is 14.6 Å². The molecule has 4 rings (SSSR count). The Labute approximate surface area is 247 Å². The molecule has 0 aliphatic carbocycles. The van der Waals surface area contributed by atoms with Gasteiger partial charge in [0.25, 0.3) is 5.56 Å². The lowest BCUT2D eigenvalue weighted by atomic mass is 10.2. The highest BCUT2D eigenvalue weighted by Crippen LogP contribution is 2.46. The maximum absolute atomic E-state index is 13.8. The van der Waals surface area contributed by atoms with Crippen LogP contribution in [0.25, 0.3) is 6.08 Å². The molecule has 1 aliphatic heterocycles. The smallest absolute Gasteiger partial charge is 0.459 e. The van der Waals surface area contributed by atoms with Crippen molar-refractivity contribution in [1.29, 1.82) is 0 Å². The first-order valence-electron chi connectivity index (χ1n) is 12.7. The van der Waals surface area contributed by atoms with Gasteiger partial charge in [0.1, 0.15) is 36.5 Å². The van der Waals surface area contributed by atoms with E-state index in [1.165, 1.54) is 36.3 Å². The third-order valence-electron chi connectivity index (χ3n) is 6.13. The third kappa shape index (κ3) is 8.34. The minimum Gasteiger partial charge on any atom is -0.460 e. The SMILES string of the molecule is C[C@H](NP(=O)(OC[C@H]1O[C@@H](n2cc(C=CBr)c(=O)[nH]c2=O)CC1O)Oc1ccc(F)cc1)C(=O)OCc1ccccc1. The molecule has 2 aromatic carbocycles. The van der Waals surface area contributed by atoms with Crippen LogP contribution in [0, 0.1) is 5.82 Å². The molecule has 0 spiro atoms. The summed E-state index contributed by atoms with van der Waals surface area (Å²) in [5.41, 5.74) is -0.440. The van der Waals surface area contributed by atoms with E-state index >= 15 is 0 Å². The number of H-pyrrole nitrogens is 1. The molecule has 2 heterocycles. The first-order valence-corrected chi connectivity index (χ1v) is 15.2. The number of nitrogens with zero attached hydrogens (tertiary/aromatic N) is 1. The van der Waals surface area contributed by atoms with Gasteiger partial charge in [-0.05, 0) is 47.8 Å². The Morgan fingerprint density at radius 2 is 1.98 bits per heavy atom. The molecule has 1 aromatic heterocycles. The number of nitrogens with one attached hydrogen (secondary N) is 2. The quantitative estimate of drug-likeness (QED) is 0.192. The van der Waals surface area contributed by atoms with Gasteiger partial charge in [0.15, 0.2) is 0 Å². The first-order chi connectivity index (χ1) is 20.1. The summed E-state index contributed by atoms with van der Waals surface area (Å²) in [6.07, 6.45) is -0.533. The standard InChI is InChI=1S/C27H28BrFN3O9P/c1-17(26(35)38-15-18-5-3-2-4-6-18)31-42(37,41-21-9-7-20(29)8-10-21)39-16-23-22(33)13-24(40-23)32-14-19(11-12-28)25(34)30-27(32)36/h2-12,14,17,22-24,33H,13,15-16H2,1H3,(H,31,37)(H,30,34,36)/t17-,22?,23+,24+,42?/m0/s1. The maximum Gasteiger partial charge on any atom is 0.459 e. The van der Waals surface area contributed by atoms with Gasteiger partial charge in [0.2, 0.25) is 0 Å². The predicted octanol–water partition coefficient (Wildman–Crippen LogP) is 3.61. The summed E-state index contributed by atoms with van der Waals surface area (Å²) in [7, 11) is -4.36. The van der Waals surface area contributed by atoms with Gasteiger partial charge in [-0.3, -0.25) is 23.7 Å². The fourth-order valence-electron chi connectivity index (χ4n) is 3.98. The molecule has 5 atom stereocenters. The van der Waals surface area contributed by atoms with Crippen LogP contribution in [0.15, 0.2) is 75.4 Å². The number of rotatable bonds is 12. The summed E-state index contributed by atoms with van der Waals surface area (Å²) in [5.74, 6) is -1.31. The highest BCUT2D eigenvalue weighted by Gasteiger charge is 2.39. The average molecular weight is 668 g/mol. The molecule has 0 bridgehead atoms. The van der Waals surface area contributed by atoms with Crippen LogP contribution in [0.1, 0.15) is 30.7 Å². The normalized spacial score (nSPS) is 20.7. The van der Waals surface area contributed by atoms with Crippen LogP contribution in [-0.2, 0) is 30.0 Å². The van der Waals surface area contributed by atoms with E-state index in [-0.39, 0.29) is 24.3 Å². The molecule has 0 saturated carbocycles. The Balaban J connectivity index is 1.46. The van der Waals surface area contributed by atoms with Gasteiger partial charge in [-0.25, -0.2) is 13.8 Å². The van der Waals surface area contributed by atoms with Crippen LogP contribution in [0.4, 0.5) is 4.39 Å². The van der Waals surface area contributed by atoms with Crippen molar-refractivity contribution < 1.29 is 37.4 Å². The number of hydrogen-bond acceptors (Lipinski definition) is 9. The lowest BCUT2D eigenvalue weighted by Gasteiger charge is -2.24. The summed E-state index contributed by atoms with van der Waals surface area (Å²) in [6.45, 7) is 0.896. The van der Waals surface area contributed by atoms with E-state index in [0.717, 1.165) is 22.3 Å². The fourth-order valence-corrected chi connectivity index (χ4v) is 5.76. The van der Waals surface area contributed by atoms with E-state index in [1.54, 1.807) is 24.3 Å². The predicted molar refractivity (Wildman–Crippen MR) is 153 cm³/mol. The molecule has 3 N–H and O–H groups in total. The number of carbonyl (C=O) groups excluding carboxylic acids is 1. The van der Waals surface area contributed by atoms with Gasteiger partial charge >= 0.3 is 19.4 Å². The summed E-state index contributed by atoms with van der Waals surface area (Å²) >= 11 is 3.08. The second-order valence-electron chi connectivity index (χ2n) is 9.26. The van der Waals surface area contributed by atoms with Crippen molar-refractivity contribution in [3.8, 4) is 5.75 Å². The lowest BCUT2D eigenvalue weighted by molar-refractivity contribution is -0.146. The molecule has 224 valence electrons. The highest BCUT2D eigenvalue weighted by molar-refractivity contribution is 9.11. The number of hydrogen-bond donors (Lipinski definition) is 3. The van der Waals surface area contributed by atoms with E-state index < -0.39 is 61.9 Å². The molecular formula is C27H28BrFN3O9P. The zero-order chi connectivity index (χ0) is 30.3. The molecule has 1 fully saturated rings. The van der Waals surface area contributed by atoms with E-state index in [9.17, 15) is 28.4 Å². The Bertz CT molecular complexity index is 1570. The molecule has 12 nitrogen and oxygen atoms in total. The molecule has 0 amide bonds. The van der Waals surface area contributed by atoms with Gasteiger partial charge in [0.05, 0.1) is 18.3 Å². The van der Waals surface area contributed by atoms with Crippen molar-refractivity contribution in [3.05, 3.63) is 104 Å². The first kappa shape index (κ1) is 31.5. The van der Waals surface area contributed by atoms with Crippen LogP contribution < -0.4 is 20.9 Å². The molecule has 15 heteroatoms. The van der Waals surface area contributed by atoms with Crippen molar-refractivity contribution in [2.45, 2.75) is 44.4 Å². The largest absolute Gasteiger partial charge is 0.460 e. The van der Waals surface area contributed by atoms with Crippen molar-refractivity contribution >= 4 is 35.7 Å². The number of ether oxygens (including phenoxy) is 2. The molecule has 0 radical (unpaired) electrons. The molecule has 42 heavy (non-hydrogen) atoms. The second-order valence-corrected chi connectivity index (χ2v) is 11.5. The van der Waals surface area contributed by atoms with Gasteiger partial charge in [-0.15, -0.1) is 0 Å². The Kier molecular flexibility index (Phi) is 10.7. The van der Waals surface area contributed by atoms with E-state index in [0.29, 0.717) is 0 Å². The zero-order valence-electron chi connectivity index (χ0n) is 22.2. The molecular weight excluding hydrogens is 640 g/mol. The number of aromatic nitrogens is 2. The zero-order valence-corrected chi connectivity index (χ0v) is 24.7. The molecule has 3 aromatic rings. The topological polar surface area (TPSA) is 158 Å². The van der Waals surface area contributed by atoms with Crippen molar-refractivity contribution in [2.24, 2.45) is 0 Å². The van der Waals surface area contributed by atoms with E-state index in [1.807, 2.05) is 6.07 Å². The van der Waals surface area contributed by atoms with Gasteiger partial charge in [-0.1, -0.05) is 46.3 Å². The molecule has 2 unspecified atom stereocenters. The average Bonchev–Trinajstić information content (AvgIpc) is 3.34. The maximum atomic E-state index is 13.8. The summed E-state index contributed by atoms with van der Waals surface area (Å²) in [6, 6.07) is 12.4. The van der Waals surface area contributed by atoms with Crippen LogP contribution in [0.2, 0.25) is 0 Å². The Morgan fingerprint density at radius 3 is 2.67 bits per heavy atom. The van der Waals surface area contributed by atoms with Crippen LogP contribution in [-0.4, -0.2) is 45.5 Å². The lowest BCUT2D eigenvalue weighted by Crippen LogP contribution is -2.36. The minimum atomic E-state index is -4.36. The number of esters is 1. The highest BCUT2D eigenvalue weighted by atomic mass is 79.9. The number of aromatic amines is 1. The summed E-state index contributed by atoms with van der Waals surface area (Å²) in [5, 5.41) is 13.1. The number of benzene rings is 2. The Hall–Kier alpha value is -3.39. The minimum absolute atomic E-state index is 0.0174. The van der Waals surface area contributed by atoms with Gasteiger partial charge < -0.3 is 19.1 Å². The van der Waals surface area contributed by atoms with Crippen molar-refractivity contribution in [3.63, 3.8) is 0 Å². The van der Waals surface area contributed by atoms with Crippen molar-refractivity contribution in [2.75, 3.05) is 6.61 Å². The molecule has 1 aliphatic rings. The molecule has 1 saturated heterocycles. The summed E-state index contributed by atoms with van der Waals surface area (Å²) < 4.78 is 50.5. The van der Waals surface area contributed by atoms with E-state index in [2.05, 4.69) is 26.0 Å².